The lowest BCUT2D eigenvalue weighted by Crippen LogP contribution is -2.27. The van der Waals surface area contributed by atoms with Gasteiger partial charge in [0.15, 0.2) is 0 Å². The van der Waals surface area contributed by atoms with E-state index in [1.807, 2.05) is 30.3 Å². The van der Waals surface area contributed by atoms with Crippen LogP contribution in [0, 0.1) is 0 Å². The minimum Gasteiger partial charge on any atom is -0.355 e. The van der Waals surface area contributed by atoms with Crippen LogP contribution in [0.5, 0.6) is 0 Å². The zero-order valence-electron chi connectivity index (χ0n) is 11.0. The summed E-state index contributed by atoms with van der Waals surface area (Å²) < 4.78 is 0. The minimum absolute atomic E-state index is 0.0977. The van der Waals surface area contributed by atoms with Gasteiger partial charge < -0.3 is 5.32 Å². The number of rotatable bonds is 7. The Balaban J connectivity index is 1.59. The second kappa shape index (κ2) is 8.35. The average molecular weight is 326 g/mol. The van der Waals surface area contributed by atoms with Gasteiger partial charge in [0.05, 0.1) is 5.75 Å². The molecule has 0 saturated heterocycles. The Labute approximate surface area is 132 Å². The quantitative estimate of drug-likeness (QED) is 0.834. The van der Waals surface area contributed by atoms with Gasteiger partial charge in [-0.3, -0.25) is 4.79 Å². The molecule has 2 aromatic rings. The third kappa shape index (κ3) is 5.57. The fourth-order valence-electron chi connectivity index (χ4n) is 1.67. The van der Waals surface area contributed by atoms with Gasteiger partial charge in [-0.2, -0.15) is 0 Å². The predicted molar refractivity (Wildman–Crippen MR) is 88.6 cm³/mol. The molecular weight excluding hydrogens is 310 g/mol. The lowest BCUT2D eigenvalue weighted by Gasteiger charge is -2.04. The number of carbonyl (C=O) groups excluding carboxylic acids is 1. The molecule has 0 aliphatic carbocycles. The highest BCUT2D eigenvalue weighted by Gasteiger charge is 2.02. The molecule has 0 saturated carbocycles. The number of hydrogen-bond donors (Lipinski definition) is 1. The molecule has 1 N–H and O–H groups in total. The topological polar surface area (TPSA) is 29.1 Å². The highest BCUT2D eigenvalue weighted by atomic mass is 35.5. The van der Waals surface area contributed by atoms with Crippen LogP contribution in [0.1, 0.15) is 10.4 Å². The van der Waals surface area contributed by atoms with Crippen LogP contribution in [0.2, 0.25) is 5.02 Å². The second-order valence-electron chi connectivity index (χ2n) is 4.30. The third-order valence-electron chi connectivity index (χ3n) is 2.69. The second-order valence-corrected chi connectivity index (χ2v) is 6.75. The molecule has 1 heterocycles. The summed E-state index contributed by atoms with van der Waals surface area (Å²) in [4.78, 5) is 13.0. The van der Waals surface area contributed by atoms with Crippen molar-refractivity contribution in [1.29, 1.82) is 0 Å². The largest absolute Gasteiger partial charge is 0.355 e. The maximum absolute atomic E-state index is 11.7. The number of benzene rings is 1. The first-order chi connectivity index (χ1) is 9.74. The van der Waals surface area contributed by atoms with Gasteiger partial charge in [-0.15, -0.1) is 23.1 Å². The van der Waals surface area contributed by atoms with Gasteiger partial charge in [-0.25, -0.2) is 0 Å². The van der Waals surface area contributed by atoms with E-state index < -0.39 is 0 Å². The molecule has 2 rings (SSSR count). The molecule has 0 unspecified atom stereocenters. The molecule has 106 valence electrons. The fourth-order valence-corrected chi connectivity index (χ4v) is 3.33. The predicted octanol–water partition coefficient (Wildman–Crippen LogP) is 3.99. The standard InChI is InChI=1S/C15H16ClNOS2/c16-13-5-3-12(4-6-13)10-19-11-15(18)17-8-7-14-2-1-9-20-14/h1-6,9H,7-8,10-11H2,(H,17,18). The smallest absolute Gasteiger partial charge is 0.230 e. The maximum Gasteiger partial charge on any atom is 0.230 e. The number of nitrogens with one attached hydrogen (secondary N) is 1. The summed E-state index contributed by atoms with van der Waals surface area (Å²) in [7, 11) is 0. The van der Waals surface area contributed by atoms with Crippen LogP contribution in [0.4, 0.5) is 0 Å². The van der Waals surface area contributed by atoms with Gasteiger partial charge in [0.1, 0.15) is 0 Å². The molecule has 20 heavy (non-hydrogen) atoms. The SMILES string of the molecule is O=C(CSCc1ccc(Cl)cc1)NCCc1cccs1. The fraction of sp³-hybridized carbons (Fsp3) is 0.267. The van der Waals surface area contributed by atoms with E-state index in [9.17, 15) is 4.79 Å². The molecule has 5 heteroatoms. The van der Waals surface area contributed by atoms with Crippen molar-refractivity contribution in [2.24, 2.45) is 0 Å². The van der Waals surface area contributed by atoms with E-state index >= 15 is 0 Å². The highest BCUT2D eigenvalue weighted by Crippen LogP contribution is 2.15. The summed E-state index contributed by atoms with van der Waals surface area (Å²) in [5.41, 5.74) is 1.19. The molecule has 1 amide bonds. The first-order valence-corrected chi connectivity index (χ1v) is 8.76. The molecule has 0 atom stereocenters. The Morgan fingerprint density at radius 1 is 1.25 bits per heavy atom. The third-order valence-corrected chi connectivity index (χ3v) is 4.88. The van der Waals surface area contributed by atoms with E-state index in [0.29, 0.717) is 12.3 Å². The summed E-state index contributed by atoms with van der Waals surface area (Å²) in [6, 6.07) is 11.8. The Hall–Kier alpha value is -0.970. The molecule has 0 fully saturated rings. The van der Waals surface area contributed by atoms with Gasteiger partial charge in [0.25, 0.3) is 0 Å². The summed E-state index contributed by atoms with van der Waals surface area (Å²) in [6.45, 7) is 0.709. The first kappa shape index (κ1) is 15.4. The van der Waals surface area contributed by atoms with Gasteiger partial charge >= 0.3 is 0 Å². The monoisotopic (exact) mass is 325 g/mol. The molecule has 0 radical (unpaired) electrons. The minimum atomic E-state index is 0.0977. The van der Waals surface area contributed by atoms with Crippen molar-refractivity contribution >= 4 is 40.6 Å². The van der Waals surface area contributed by atoms with Crippen LogP contribution >= 0.6 is 34.7 Å². The lowest BCUT2D eigenvalue weighted by molar-refractivity contribution is -0.118. The van der Waals surface area contributed by atoms with E-state index in [0.717, 1.165) is 17.2 Å². The zero-order chi connectivity index (χ0) is 14.2. The van der Waals surface area contributed by atoms with E-state index in [1.165, 1.54) is 10.4 Å². The van der Waals surface area contributed by atoms with E-state index in [4.69, 9.17) is 11.6 Å². The normalized spacial score (nSPS) is 10.4. The summed E-state index contributed by atoms with van der Waals surface area (Å²) in [6.07, 6.45) is 0.908. The number of halogens is 1. The van der Waals surface area contributed by atoms with Crippen molar-refractivity contribution in [3.8, 4) is 0 Å². The zero-order valence-corrected chi connectivity index (χ0v) is 13.4. The van der Waals surface area contributed by atoms with Gasteiger partial charge in [0.2, 0.25) is 5.91 Å². The molecule has 0 bridgehead atoms. The molecule has 2 nitrogen and oxygen atoms in total. The molecular formula is C15H16ClNOS2. The Bertz CT molecular complexity index is 525. The number of carbonyl (C=O) groups is 1. The van der Waals surface area contributed by atoms with Crippen LogP contribution in [0.15, 0.2) is 41.8 Å². The molecule has 0 aliphatic rings. The number of thiophene rings is 1. The molecule has 1 aromatic heterocycles. The molecule has 1 aromatic carbocycles. The summed E-state index contributed by atoms with van der Waals surface area (Å²) in [5.74, 6) is 1.42. The van der Waals surface area contributed by atoms with Crippen molar-refractivity contribution in [3.05, 3.63) is 57.2 Å². The van der Waals surface area contributed by atoms with Crippen molar-refractivity contribution < 1.29 is 4.79 Å². The van der Waals surface area contributed by atoms with Crippen LogP contribution in [0.25, 0.3) is 0 Å². The maximum atomic E-state index is 11.7. The first-order valence-electron chi connectivity index (χ1n) is 6.35. The molecule has 0 spiro atoms. The van der Waals surface area contributed by atoms with Crippen LogP contribution in [0.3, 0.4) is 0 Å². The van der Waals surface area contributed by atoms with Crippen molar-refractivity contribution in [2.75, 3.05) is 12.3 Å². The van der Waals surface area contributed by atoms with Gasteiger partial charge in [0, 0.05) is 22.2 Å². The van der Waals surface area contributed by atoms with Crippen molar-refractivity contribution in [3.63, 3.8) is 0 Å². The van der Waals surface area contributed by atoms with Crippen molar-refractivity contribution in [2.45, 2.75) is 12.2 Å². The van der Waals surface area contributed by atoms with Crippen molar-refractivity contribution in [1.82, 2.24) is 5.32 Å². The molecule has 0 aliphatic heterocycles. The summed E-state index contributed by atoms with van der Waals surface area (Å²) >= 11 is 9.16. The number of hydrogen-bond acceptors (Lipinski definition) is 3. The average Bonchev–Trinajstić information content (AvgIpc) is 2.94. The van der Waals surface area contributed by atoms with Crippen LogP contribution in [-0.4, -0.2) is 18.2 Å². The number of amides is 1. The van der Waals surface area contributed by atoms with E-state index in [-0.39, 0.29) is 5.91 Å². The van der Waals surface area contributed by atoms with Crippen LogP contribution < -0.4 is 5.32 Å². The Kier molecular flexibility index (Phi) is 6.43. The Morgan fingerprint density at radius 3 is 2.75 bits per heavy atom. The van der Waals surface area contributed by atoms with E-state index in [2.05, 4.69) is 16.8 Å². The Morgan fingerprint density at radius 2 is 2.05 bits per heavy atom. The highest BCUT2D eigenvalue weighted by molar-refractivity contribution is 7.99. The summed E-state index contributed by atoms with van der Waals surface area (Å²) in [5, 5.41) is 5.74. The van der Waals surface area contributed by atoms with E-state index in [1.54, 1.807) is 23.1 Å². The van der Waals surface area contributed by atoms with Gasteiger partial charge in [-0.05, 0) is 35.6 Å². The number of thioether (sulfide) groups is 1. The lowest BCUT2D eigenvalue weighted by atomic mass is 10.2. The van der Waals surface area contributed by atoms with Gasteiger partial charge in [-0.1, -0.05) is 29.8 Å². The van der Waals surface area contributed by atoms with Crippen LogP contribution in [-0.2, 0) is 17.0 Å².